The number of nitrogens with one attached hydrogen (secondary N) is 1. The van der Waals surface area contributed by atoms with Gasteiger partial charge in [-0.2, -0.15) is 0 Å². The van der Waals surface area contributed by atoms with Gasteiger partial charge in [0.15, 0.2) is 11.5 Å². The molecule has 0 spiro atoms. The van der Waals surface area contributed by atoms with E-state index in [1.165, 1.54) is 7.11 Å². The summed E-state index contributed by atoms with van der Waals surface area (Å²) in [6, 6.07) is 16.5. The maximum absolute atomic E-state index is 12.1. The number of hydrogen-bond acceptors (Lipinski definition) is 3. The van der Waals surface area contributed by atoms with Crippen molar-refractivity contribution < 1.29 is 14.3 Å². The highest BCUT2D eigenvalue weighted by Crippen LogP contribution is 2.27. The van der Waals surface area contributed by atoms with Crippen molar-refractivity contribution in [3.63, 3.8) is 0 Å². The Morgan fingerprint density at radius 2 is 1.70 bits per heavy atom. The summed E-state index contributed by atoms with van der Waals surface area (Å²) >= 11 is 0. The van der Waals surface area contributed by atoms with Crippen molar-refractivity contribution in [1.29, 1.82) is 0 Å². The van der Waals surface area contributed by atoms with Gasteiger partial charge in [0, 0.05) is 10.9 Å². The Hall–Kier alpha value is -2.75. The van der Waals surface area contributed by atoms with E-state index in [-0.39, 0.29) is 0 Å². The standard InChI is InChI=1S/C16H13NO3/c1-19-14-8-4-5-9-15(14)20-16(18)13-10-11-6-2-3-7-12(11)17-13/h2-10,17H,1H3. The normalized spacial score (nSPS) is 10.4. The molecule has 0 fully saturated rings. The lowest BCUT2D eigenvalue weighted by Gasteiger charge is -2.07. The van der Waals surface area contributed by atoms with E-state index < -0.39 is 5.97 Å². The molecule has 4 heteroatoms. The van der Waals surface area contributed by atoms with E-state index in [1.807, 2.05) is 30.3 Å². The van der Waals surface area contributed by atoms with E-state index in [0.29, 0.717) is 17.2 Å². The summed E-state index contributed by atoms with van der Waals surface area (Å²) in [5.74, 6) is 0.487. The van der Waals surface area contributed by atoms with Crippen LogP contribution in [0.5, 0.6) is 11.5 Å². The molecule has 0 amide bonds. The zero-order valence-electron chi connectivity index (χ0n) is 10.9. The van der Waals surface area contributed by atoms with E-state index in [0.717, 1.165) is 10.9 Å². The van der Waals surface area contributed by atoms with Gasteiger partial charge in [0.25, 0.3) is 0 Å². The van der Waals surface area contributed by atoms with Crippen LogP contribution >= 0.6 is 0 Å². The summed E-state index contributed by atoms with van der Waals surface area (Å²) in [5.41, 5.74) is 1.32. The van der Waals surface area contributed by atoms with Crippen molar-refractivity contribution in [1.82, 2.24) is 4.98 Å². The third kappa shape index (κ3) is 2.23. The zero-order valence-corrected chi connectivity index (χ0v) is 10.9. The van der Waals surface area contributed by atoms with E-state index in [2.05, 4.69) is 4.98 Å². The molecule has 1 heterocycles. The molecule has 0 bridgehead atoms. The third-order valence-corrected chi connectivity index (χ3v) is 3.02. The Balaban J connectivity index is 1.89. The van der Waals surface area contributed by atoms with Crippen LogP contribution in [-0.4, -0.2) is 18.1 Å². The van der Waals surface area contributed by atoms with E-state index in [9.17, 15) is 4.79 Å². The number of benzene rings is 2. The number of carbonyl (C=O) groups excluding carboxylic acids is 1. The molecule has 0 aliphatic rings. The van der Waals surface area contributed by atoms with Gasteiger partial charge in [-0.15, -0.1) is 0 Å². The summed E-state index contributed by atoms with van der Waals surface area (Å²) in [4.78, 5) is 15.2. The molecule has 4 nitrogen and oxygen atoms in total. The van der Waals surface area contributed by atoms with Crippen LogP contribution in [0.4, 0.5) is 0 Å². The molecule has 1 aromatic heterocycles. The number of aromatic nitrogens is 1. The van der Waals surface area contributed by atoms with Crippen LogP contribution in [-0.2, 0) is 0 Å². The van der Waals surface area contributed by atoms with Crippen molar-refractivity contribution in [3.8, 4) is 11.5 Å². The molecule has 1 N–H and O–H groups in total. The summed E-state index contributed by atoms with van der Waals surface area (Å²) in [5, 5.41) is 0.972. The Labute approximate surface area is 115 Å². The molecule has 3 rings (SSSR count). The molecule has 2 aromatic carbocycles. The largest absolute Gasteiger partial charge is 0.493 e. The zero-order chi connectivity index (χ0) is 13.9. The number of carbonyl (C=O) groups is 1. The maximum atomic E-state index is 12.1. The number of H-pyrrole nitrogens is 1. The van der Waals surface area contributed by atoms with Crippen LogP contribution in [0, 0.1) is 0 Å². The van der Waals surface area contributed by atoms with Crippen molar-refractivity contribution in [2.75, 3.05) is 7.11 Å². The lowest BCUT2D eigenvalue weighted by atomic mass is 10.2. The number of aromatic amines is 1. The van der Waals surface area contributed by atoms with Crippen LogP contribution in [0.1, 0.15) is 10.5 Å². The highest BCUT2D eigenvalue weighted by atomic mass is 16.6. The summed E-state index contributed by atoms with van der Waals surface area (Å²) < 4.78 is 10.5. The number of fused-ring (bicyclic) bond motifs is 1. The highest BCUT2D eigenvalue weighted by Gasteiger charge is 2.14. The van der Waals surface area contributed by atoms with Crippen LogP contribution < -0.4 is 9.47 Å². The van der Waals surface area contributed by atoms with Gasteiger partial charge in [-0.1, -0.05) is 30.3 Å². The molecule has 0 unspecified atom stereocenters. The third-order valence-electron chi connectivity index (χ3n) is 3.02. The van der Waals surface area contributed by atoms with Crippen LogP contribution in [0.3, 0.4) is 0 Å². The molecule has 0 radical (unpaired) electrons. The number of hydrogen-bond donors (Lipinski definition) is 1. The fourth-order valence-corrected chi connectivity index (χ4v) is 2.04. The summed E-state index contributed by atoms with van der Waals surface area (Å²) in [6.07, 6.45) is 0. The minimum absolute atomic E-state index is 0.402. The number of para-hydroxylation sites is 3. The van der Waals surface area contributed by atoms with Gasteiger partial charge >= 0.3 is 5.97 Å². The van der Waals surface area contributed by atoms with Gasteiger partial charge in [0.05, 0.1) is 7.11 Å². The molecule has 20 heavy (non-hydrogen) atoms. The Morgan fingerprint density at radius 3 is 2.45 bits per heavy atom. The molecule has 0 aliphatic carbocycles. The predicted octanol–water partition coefficient (Wildman–Crippen LogP) is 3.40. The SMILES string of the molecule is COc1ccccc1OC(=O)c1cc2ccccc2[nH]1. The molecule has 0 atom stereocenters. The monoisotopic (exact) mass is 267 g/mol. The molecule has 0 aliphatic heterocycles. The van der Waals surface area contributed by atoms with Gasteiger partial charge in [-0.25, -0.2) is 4.79 Å². The maximum Gasteiger partial charge on any atom is 0.360 e. The average Bonchev–Trinajstić information content (AvgIpc) is 2.92. The van der Waals surface area contributed by atoms with Crippen LogP contribution in [0.25, 0.3) is 10.9 Å². The van der Waals surface area contributed by atoms with Crippen molar-refractivity contribution in [3.05, 3.63) is 60.3 Å². The smallest absolute Gasteiger partial charge is 0.360 e. The topological polar surface area (TPSA) is 51.3 Å². The fraction of sp³-hybridized carbons (Fsp3) is 0.0625. The second kappa shape index (κ2) is 5.09. The number of rotatable bonds is 3. The van der Waals surface area contributed by atoms with Crippen molar-refractivity contribution in [2.45, 2.75) is 0 Å². The summed E-state index contributed by atoms with van der Waals surface area (Å²) in [7, 11) is 1.54. The first-order valence-corrected chi connectivity index (χ1v) is 6.21. The molecule has 3 aromatic rings. The van der Waals surface area contributed by atoms with Crippen LogP contribution in [0.2, 0.25) is 0 Å². The van der Waals surface area contributed by atoms with Gasteiger partial charge in [-0.05, 0) is 24.3 Å². The average molecular weight is 267 g/mol. The number of esters is 1. The van der Waals surface area contributed by atoms with Crippen molar-refractivity contribution in [2.24, 2.45) is 0 Å². The first-order chi connectivity index (χ1) is 9.78. The Morgan fingerprint density at radius 1 is 1.00 bits per heavy atom. The van der Waals surface area contributed by atoms with E-state index in [1.54, 1.807) is 24.3 Å². The second-order valence-electron chi connectivity index (χ2n) is 4.31. The molecule has 0 saturated carbocycles. The highest BCUT2D eigenvalue weighted by molar-refractivity contribution is 5.95. The Kier molecular flexibility index (Phi) is 3.13. The Bertz CT molecular complexity index is 728. The first-order valence-electron chi connectivity index (χ1n) is 6.21. The lowest BCUT2D eigenvalue weighted by Crippen LogP contribution is -2.09. The minimum Gasteiger partial charge on any atom is -0.493 e. The molecule has 0 saturated heterocycles. The van der Waals surface area contributed by atoms with E-state index >= 15 is 0 Å². The molecule has 100 valence electrons. The van der Waals surface area contributed by atoms with Gasteiger partial charge in [-0.3, -0.25) is 0 Å². The quantitative estimate of drug-likeness (QED) is 0.584. The predicted molar refractivity (Wildman–Crippen MR) is 76.3 cm³/mol. The molecular formula is C16H13NO3. The molecular weight excluding hydrogens is 254 g/mol. The van der Waals surface area contributed by atoms with Gasteiger partial charge in [0.1, 0.15) is 5.69 Å². The van der Waals surface area contributed by atoms with Crippen LogP contribution in [0.15, 0.2) is 54.6 Å². The van der Waals surface area contributed by atoms with Gasteiger partial charge < -0.3 is 14.5 Å². The number of ether oxygens (including phenoxy) is 2. The fourth-order valence-electron chi connectivity index (χ4n) is 2.04. The summed E-state index contributed by atoms with van der Waals surface area (Å²) in [6.45, 7) is 0. The van der Waals surface area contributed by atoms with E-state index in [4.69, 9.17) is 9.47 Å². The number of methoxy groups -OCH3 is 1. The lowest BCUT2D eigenvalue weighted by molar-refractivity contribution is 0.0724. The first kappa shape index (κ1) is 12.3. The van der Waals surface area contributed by atoms with Crippen molar-refractivity contribution >= 4 is 16.9 Å². The second-order valence-corrected chi connectivity index (χ2v) is 4.31. The minimum atomic E-state index is -0.439. The van der Waals surface area contributed by atoms with Gasteiger partial charge in [0.2, 0.25) is 0 Å².